The number of fused-ring (bicyclic) bond motifs is 9. The minimum Gasteiger partial charge on any atom is -0.394 e. The van der Waals surface area contributed by atoms with Gasteiger partial charge in [0.05, 0.1) is 32.5 Å². The van der Waals surface area contributed by atoms with Gasteiger partial charge in [-0.3, -0.25) is 4.90 Å². The van der Waals surface area contributed by atoms with Gasteiger partial charge in [-0.1, -0.05) is 27.7 Å². The van der Waals surface area contributed by atoms with Crippen LogP contribution >= 0.6 is 0 Å². The van der Waals surface area contributed by atoms with Gasteiger partial charge in [-0.25, -0.2) is 0 Å². The molecule has 31 unspecified atom stereocenters. The fourth-order valence-corrected chi connectivity index (χ4v) is 16.5. The number of aliphatic hydroxyl groups is 12. The molecule has 10 rings (SSSR count). The maximum absolute atomic E-state index is 11.5. The van der Waals surface area contributed by atoms with Crippen LogP contribution in [0.15, 0.2) is 0 Å². The first kappa shape index (κ1) is 53.6. The SMILES string of the molecule is CC1CCC2C(C)C3C(CC4C5CCC6CC(OC7OC(COC8OC(CO)C(O)C(OC9OCC(O)C(O)C9O)C8OC8OC(CO)C(O)C(O)C8O)C(O)C(O)C7O)CCC6(C)C5CCC43C)N2C1. The second-order valence-electron chi connectivity index (χ2n) is 24.1. The molecule has 10 fully saturated rings. The summed E-state index contributed by atoms with van der Waals surface area (Å²) in [7, 11) is 0. The fourth-order valence-electron chi connectivity index (χ4n) is 16.5. The van der Waals surface area contributed by atoms with Crippen LogP contribution in [0.4, 0.5) is 0 Å². The number of aliphatic hydroxyl groups excluding tert-OH is 12. The fraction of sp³-hybridized carbons (Fsp3) is 1.00. The van der Waals surface area contributed by atoms with E-state index < -0.39 is 143 Å². The third kappa shape index (κ3) is 9.30. The van der Waals surface area contributed by atoms with Crippen molar-refractivity contribution in [3.05, 3.63) is 0 Å². The zero-order valence-corrected chi connectivity index (χ0v) is 41.4. The average Bonchev–Trinajstić information content (AvgIpc) is 3.82. The third-order valence-corrected chi connectivity index (χ3v) is 20.3. The molecule has 6 aliphatic heterocycles. The van der Waals surface area contributed by atoms with Crippen molar-refractivity contribution in [2.45, 2.75) is 227 Å². The maximum Gasteiger partial charge on any atom is 0.187 e. The first-order chi connectivity index (χ1) is 33.8. The second-order valence-corrected chi connectivity index (χ2v) is 24.1. The van der Waals surface area contributed by atoms with Crippen molar-refractivity contribution in [3.8, 4) is 0 Å². The molecule has 10 aliphatic rings. The molecule has 0 bridgehead atoms. The predicted molar refractivity (Wildman–Crippen MR) is 243 cm³/mol. The number of ether oxygens (including phenoxy) is 8. The number of rotatable bonds is 11. The van der Waals surface area contributed by atoms with Gasteiger partial charge >= 0.3 is 0 Å². The van der Waals surface area contributed by atoms with Crippen molar-refractivity contribution >= 4 is 0 Å². The topological polar surface area (TPSA) is 320 Å². The number of hydrogen-bond acceptors (Lipinski definition) is 21. The standard InChI is InChI=1S/C50H83NO20/c1-20-5-8-27-21(2)33-28(51(27)15-20)14-26-24-7-6-22-13-23(9-11-49(22,3)25(24)10-12-50(26,33)4)66-46-41(62)39(60)36(57)32(69-46)19-65-48-44(71-47-42(63)38(59)35(56)30(16-52)67-47)43(37(58)31(17-53)68-48)70-45-40(61)34(55)29(54)18-64-45/h20-48,52-63H,5-19H2,1-4H3. The van der Waals surface area contributed by atoms with Gasteiger partial charge < -0.3 is 99.2 Å². The van der Waals surface area contributed by atoms with E-state index in [0.29, 0.717) is 29.2 Å². The smallest absolute Gasteiger partial charge is 0.187 e. The lowest BCUT2D eigenvalue weighted by Gasteiger charge is -2.61. The third-order valence-electron chi connectivity index (χ3n) is 20.3. The molecule has 0 aromatic heterocycles. The molecule has 21 heteroatoms. The van der Waals surface area contributed by atoms with Gasteiger partial charge in [0, 0.05) is 18.6 Å². The van der Waals surface area contributed by atoms with Crippen LogP contribution in [0.1, 0.15) is 91.9 Å². The van der Waals surface area contributed by atoms with E-state index in [0.717, 1.165) is 55.4 Å². The van der Waals surface area contributed by atoms with Gasteiger partial charge in [0.15, 0.2) is 25.2 Å². The lowest BCUT2D eigenvalue weighted by atomic mass is 9.44. The normalized spacial score (nSPS) is 57.5. The van der Waals surface area contributed by atoms with Crippen molar-refractivity contribution in [2.75, 3.05) is 33.0 Å². The molecule has 12 N–H and O–H groups in total. The quantitative estimate of drug-likeness (QED) is 0.0966. The molecule has 6 saturated heterocycles. The summed E-state index contributed by atoms with van der Waals surface area (Å²) in [6.07, 6.45) is -21.0. The Labute approximate surface area is 415 Å². The molecule has 4 saturated carbocycles. The Morgan fingerprint density at radius 2 is 1.17 bits per heavy atom. The van der Waals surface area contributed by atoms with E-state index in [-0.39, 0.29) is 11.5 Å². The van der Waals surface area contributed by atoms with E-state index >= 15 is 0 Å². The molecule has 0 aromatic carbocycles. The molecular formula is C50H83NO20. The predicted octanol–water partition coefficient (Wildman–Crippen LogP) is -2.33. The van der Waals surface area contributed by atoms with Gasteiger partial charge in [0.1, 0.15) is 91.6 Å². The van der Waals surface area contributed by atoms with Crippen molar-refractivity contribution in [1.29, 1.82) is 0 Å². The Hall–Kier alpha value is -0.840. The highest BCUT2D eigenvalue weighted by Gasteiger charge is 2.67. The summed E-state index contributed by atoms with van der Waals surface area (Å²) in [5.41, 5.74) is 0.517. The van der Waals surface area contributed by atoms with Crippen molar-refractivity contribution < 1.29 is 99.2 Å². The van der Waals surface area contributed by atoms with E-state index in [1.165, 1.54) is 45.1 Å². The molecule has 0 radical (unpaired) electrons. The Balaban J connectivity index is 0.811. The Bertz CT molecular complexity index is 1810. The molecule has 31 atom stereocenters. The van der Waals surface area contributed by atoms with E-state index in [9.17, 15) is 61.3 Å². The highest BCUT2D eigenvalue weighted by Crippen LogP contribution is 2.71. The van der Waals surface area contributed by atoms with E-state index in [1.807, 2.05) is 0 Å². The van der Waals surface area contributed by atoms with Gasteiger partial charge in [-0.05, 0) is 116 Å². The minimum atomic E-state index is -1.96. The van der Waals surface area contributed by atoms with Crippen LogP contribution in [-0.2, 0) is 37.9 Å². The highest BCUT2D eigenvalue weighted by molar-refractivity contribution is 5.17. The number of nitrogens with zero attached hydrogens (tertiary/aromatic N) is 1. The van der Waals surface area contributed by atoms with Gasteiger partial charge in [-0.15, -0.1) is 0 Å². The Morgan fingerprint density at radius 3 is 1.89 bits per heavy atom. The summed E-state index contributed by atoms with van der Waals surface area (Å²) in [6.45, 7) is 8.66. The summed E-state index contributed by atoms with van der Waals surface area (Å²) >= 11 is 0. The summed E-state index contributed by atoms with van der Waals surface area (Å²) in [6, 6.07) is 1.44. The molecular weight excluding hydrogens is 935 g/mol. The first-order valence-corrected chi connectivity index (χ1v) is 26.7. The van der Waals surface area contributed by atoms with Crippen molar-refractivity contribution in [1.82, 2.24) is 4.90 Å². The van der Waals surface area contributed by atoms with E-state index in [2.05, 4.69) is 32.6 Å². The van der Waals surface area contributed by atoms with Crippen molar-refractivity contribution in [2.24, 2.45) is 52.3 Å². The molecule has 0 amide bonds. The molecule has 71 heavy (non-hydrogen) atoms. The monoisotopic (exact) mass is 1020 g/mol. The zero-order chi connectivity index (χ0) is 50.6. The summed E-state index contributed by atoms with van der Waals surface area (Å²) in [5, 5.41) is 129. The molecule has 0 aromatic rings. The lowest BCUT2D eigenvalue weighted by molar-refractivity contribution is -0.391. The highest BCUT2D eigenvalue weighted by atomic mass is 16.8. The summed E-state index contributed by atoms with van der Waals surface area (Å²) < 4.78 is 47.8. The molecule has 21 nitrogen and oxygen atoms in total. The van der Waals surface area contributed by atoms with Crippen LogP contribution < -0.4 is 0 Å². The minimum absolute atomic E-state index is 0.145. The molecule has 0 spiro atoms. The molecule has 408 valence electrons. The lowest BCUT2D eigenvalue weighted by Crippen LogP contribution is -2.67. The summed E-state index contributed by atoms with van der Waals surface area (Å²) in [5.74, 6) is 4.74. The van der Waals surface area contributed by atoms with Gasteiger partial charge in [-0.2, -0.15) is 0 Å². The maximum atomic E-state index is 11.5. The Morgan fingerprint density at radius 1 is 0.549 bits per heavy atom. The first-order valence-electron chi connectivity index (χ1n) is 26.7. The van der Waals surface area contributed by atoms with Gasteiger partial charge in [0.2, 0.25) is 0 Å². The Kier molecular flexibility index (Phi) is 15.7. The largest absolute Gasteiger partial charge is 0.394 e. The van der Waals surface area contributed by atoms with Crippen LogP contribution in [0.25, 0.3) is 0 Å². The van der Waals surface area contributed by atoms with E-state index in [4.69, 9.17) is 37.9 Å². The van der Waals surface area contributed by atoms with Crippen molar-refractivity contribution in [3.63, 3.8) is 0 Å². The molecule has 4 aliphatic carbocycles. The summed E-state index contributed by atoms with van der Waals surface area (Å²) in [4.78, 5) is 2.94. The zero-order valence-electron chi connectivity index (χ0n) is 41.4. The van der Waals surface area contributed by atoms with E-state index in [1.54, 1.807) is 0 Å². The average molecular weight is 1020 g/mol. The van der Waals surface area contributed by atoms with Crippen LogP contribution in [-0.4, -0.2) is 234 Å². The van der Waals surface area contributed by atoms with Crippen LogP contribution in [0.3, 0.4) is 0 Å². The van der Waals surface area contributed by atoms with Crippen LogP contribution in [0, 0.1) is 52.3 Å². The number of piperidine rings is 1. The van der Waals surface area contributed by atoms with Crippen LogP contribution in [0.5, 0.6) is 0 Å². The molecule has 6 heterocycles. The second kappa shape index (κ2) is 20.8. The number of hydrogen-bond donors (Lipinski definition) is 12. The van der Waals surface area contributed by atoms with Gasteiger partial charge in [0.25, 0.3) is 0 Å². The van der Waals surface area contributed by atoms with Crippen LogP contribution in [0.2, 0.25) is 0 Å².